The van der Waals surface area contributed by atoms with E-state index in [2.05, 4.69) is 0 Å². The molecule has 4 rings (SSSR count). The van der Waals surface area contributed by atoms with E-state index in [0.717, 1.165) is 6.08 Å². The fourth-order valence-electron chi connectivity index (χ4n) is 4.20. The van der Waals surface area contributed by atoms with E-state index in [0.29, 0.717) is 22.3 Å². The summed E-state index contributed by atoms with van der Waals surface area (Å²) in [7, 11) is 0. The van der Waals surface area contributed by atoms with E-state index >= 15 is 0 Å². The molecule has 0 aromatic carbocycles. The number of allylic oxidation sites excluding steroid dienone is 16. The van der Waals surface area contributed by atoms with Gasteiger partial charge in [-0.15, -0.1) is 0 Å². The minimum atomic E-state index is -2.13. The lowest BCUT2D eigenvalue weighted by Gasteiger charge is -2.28. The van der Waals surface area contributed by atoms with E-state index in [4.69, 9.17) is 0 Å². The predicted molar refractivity (Wildman–Crippen MR) is 105 cm³/mol. The smallest absolute Gasteiger partial charge is 0.170 e. The first-order valence-corrected chi connectivity index (χ1v) is 9.86. The summed E-state index contributed by atoms with van der Waals surface area (Å²) in [6, 6.07) is 0. The van der Waals surface area contributed by atoms with Gasteiger partial charge < -0.3 is 0 Å². The SMILES string of the molecule is FC1=C(F)C(F)CC(C2=CC=C(C3=CC=C(C4=CC=CCC4F)CC3F)CC2F)=C1. The van der Waals surface area contributed by atoms with Crippen LogP contribution in [0.1, 0.15) is 25.7 Å². The van der Waals surface area contributed by atoms with Crippen molar-refractivity contribution in [2.24, 2.45) is 0 Å². The lowest BCUT2D eigenvalue weighted by molar-refractivity contribution is 0.302. The molecule has 158 valence electrons. The predicted octanol–water partition coefficient (Wildman–Crippen LogP) is 7.22. The first-order valence-electron chi connectivity index (χ1n) is 9.86. The molecule has 30 heavy (non-hydrogen) atoms. The fourth-order valence-corrected chi connectivity index (χ4v) is 4.20. The molecule has 0 spiro atoms. The molecule has 0 aromatic heterocycles. The van der Waals surface area contributed by atoms with Gasteiger partial charge in [-0.3, -0.25) is 0 Å². The van der Waals surface area contributed by atoms with Crippen molar-refractivity contribution in [1.82, 2.24) is 0 Å². The molecule has 0 aliphatic heterocycles. The van der Waals surface area contributed by atoms with Gasteiger partial charge in [0.15, 0.2) is 17.8 Å². The Hall–Kier alpha value is -2.50. The zero-order valence-electron chi connectivity index (χ0n) is 16.0. The summed E-state index contributed by atoms with van der Waals surface area (Å²) in [6.07, 6.45) is 5.40. The summed E-state index contributed by atoms with van der Waals surface area (Å²) in [5.41, 5.74) is 1.94. The zero-order chi connectivity index (χ0) is 21.4. The molecule has 0 nitrogen and oxygen atoms in total. The second kappa shape index (κ2) is 8.32. The molecular formula is C24H20F6. The van der Waals surface area contributed by atoms with E-state index in [1.165, 1.54) is 12.2 Å². The van der Waals surface area contributed by atoms with Crippen LogP contribution < -0.4 is 0 Å². The number of hydrogen-bond acceptors (Lipinski definition) is 0. The maximum atomic E-state index is 14.9. The second-order valence-corrected chi connectivity index (χ2v) is 7.76. The largest absolute Gasteiger partial charge is 0.242 e. The Bertz CT molecular complexity index is 985. The molecule has 0 fully saturated rings. The Morgan fingerprint density at radius 3 is 1.67 bits per heavy atom. The highest BCUT2D eigenvalue weighted by atomic mass is 19.2. The summed E-state index contributed by atoms with van der Waals surface area (Å²) in [4.78, 5) is 0. The zero-order valence-corrected chi connectivity index (χ0v) is 16.0. The molecule has 0 saturated heterocycles. The van der Waals surface area contributed by atoms with Gasteiger partial charge in [-0.1, -0.05) is 42.5 Å². The number of hydrogen-bond donors (Lipinski definition) is 0. The van der Waals surface area contributed by atoms with Crippen molar-refractivity contribution in [2.45, 2.75) is 50.4 Å². The molecule has 0 amide bonds. The van der Waals surface area contributed by atoms with Crippen LogP contribution >= 0.6 is 0 Å². The summed E-state index contributed by atoms with van der Waals surface area (Å²) < 4.78 is 84.1. The molecular weight excluding hydrogens is 402 g/mol. The minimum absolute atomic E-state index is 0.000751. The highest BCUT2D eigenvalue weighted by Crippen LogP contribution is 2.40. The molecule has 6 heteroatoms. The van der Waals surface area contributed by atoms with Crippen molar-refractivity contribution >= 4 is 0 Å². The van der Waals surface area contributed by atoms with Crippen molar-refractivity contribution in [1.29, 1.82) is 0 Å². The summed E-state index contributed by atoms with van der Waals surface area (Å²) in [5, 5.41) is 0. The summed E-state index contributed by atoms with van der Waals surface area (Å²) in [5.74, 6) is -2.81. The summed E-state index contributed by atoms with van der Waals surface area (Å²) in [6.45, 7) is 0. The average molecular weight is 422 g/mol. The Kier molecular flexibility index (Phi) is 5.76. The quantitative estimate of drug-likeness (QED) is 0.421. The fraction of sp³-hybridized carbons (Fsp3) is 0.333. The van der Waals surface area contributed by atoms with Crippen LogP contribution in [0.4, 0.5) is 26.3 Å². The van der Waals surface area contributed by atoms with Crippen molar-refractivity contribution in [3.05, 3.63) is 93.7 Å². The standard InChI is InChI=1S/C24H20F6/c25-19-4-2-1-3-16(19)13-5-7-17(20(26)9-13)14-6-8-18(21(27)10-14)15-11-22(28)24(30)23(29)12-15/h1-3,5-8,11,19-21,23H,4,9-10,12H2. The minimum Gasteiger partial charge on any atom is -0.242 e. The molecule has 4 atom stereocenters. The van der Waals surface area contributed by atoms with E-state index in [1.807, 2.05) is 0 Å². The molecule has 0 N–H and O–H groups in total. The normalized spacial score (nSPS) is 32.1. The van der Waals surface area contributed by atoms with Gasteiger partial charge in [0.25, 0.3) is 0 Å². The lowest BCUT2D eigenvalue weighted by Crippen LogP contribution is -2.21. The van der Waals surface area contributed by atoms with Gasteiger partial charge in [0.1, 0.15) is 18.5 Å². The van der Waals surface area contributed by atoms with Crippen LogP contribution in [0.2, 0.25) is 0 Å². The lowest BCUT2D eigenvalue weighted by atomic mass is 9.80. The third kappa shape index (κ3) is 3.92. The number of rotatable bonds is 3. The molecule has 4 unspecified atom stereocenters. The van der Waals surface area contributed by atoms with Crippen molar-refractivity contribution in [2.75, 3.05) is 0 Å². The van der Waals surface area contributed by atoms with Crippen LogP contribution in [0, 0.1) is 0 Å². The van der Waals surface area contributed by atoms with Crippen LogP contribution in [0.15, 0.2) is 93.7 Å². The Morgan fingerprint density at radius 2 is 1.13 bits per heavy atom. The average Bonchev–Trinajstić information content (AvgIpc) is 2.72. The van der Waals surface area contributed by atoms with Gasteiger partial charge in [-0.25, -0.2) is 26.3 Å². The second-order valence-electron chi connectivity index (χ2n) is 7.76. The number of alkyl halides is 4. The monoisotopic (exact) mass is 422 g/mol. The topological polar surface area (TPSA) is 0 Å². The Morgan fingerprint density at radius 1 is 0.600 bits per heavy atom. The first-order chi connectivity index (χ1) is 14.3. The van der Waals surface area contributed by atoms with Gasteiger partial charge in [0.2, 0.25) is 0 Å². The van der Waals surface area contributed by atoms with Gasteiger partial charge in [0, 0.05) is 25.7 Å². The van der Waals surface area contributed by atoms with E-state index < -0.39 is 42.8 Å². The molecule has 0 radical (unpaired) electrons. The highest BCUT2D eigenvalue weighted by molar-refractivity contribution is 5.54. The van der Waals surface area contributed by atoms with Crippen LogP contribution in [0.3, 0.4) is 0 Å². The molecule has 0 aromatic rings. The first kappa shape index (κ1) is 20.8. The maximum absolute atomic E-state index is 14.9. The van der Waals surface area contributed by atoms with Crippen LogP contribution in [0.25, 0.3) is 0 Å². The van der Waals surface area contributed by atoms with Gasteiger partial charge in [-0.2, -0.15) is 0 Å². The van der Waals surface area contributed by atoms with E-state index in [9.17, 15) is 26.3 Å². The van der Waals surface area contributed by atoms with Crippen molar-refractivity contribution < 1.29 is 26.3 Å². The maximum Gasteiger partial charge on any atom is 0.170 e. The van der Waals surface area contributed by atoms with Crippen LogP contribution in [-0.4, -0.2) is 24.7 Å². The molecule has 0 bridgehead atoms. The summed E-state index contributed by atoms with van der Waals surface area (Å²) >= 11 is 0. The Balaban J connectivity index is 1.59. The van der Waals surface area contributed by atoms with Crippen molar-refractivity contribution in [3.63, 3.8) is 0 Å². The molecule has 4 aliphatic rings. The molecule has 4 aliphatic carbocycles. The van der Waals surface area contributed by atoms with E-state index in [1.54, 1.807) is 30.4 Å². The van der Waals surface area contributed by atoms with Crippen molar-refractivity contribution in [3.8, 4) is 0 Å². The van der Waals surface area contributed by atoms with Gasteiger partial charge in [0.05, 0.1) is 0 Å². The highest BCUT2D eigenvalue weighted by Gasteiger charge is 2.32. The molecule has 0 heterocycles. The van der Waals surface area contributed by atoms with E-state index in [-0.39, 0.29) is 30.4 Å². The van der Waals surface area contributed by atoms with Crippen LogP contribution in [-0.2, 0) is 0 Å². The molecule has 0 saturated carbocycles. The van der Waals surface area contributed by atoms with Gasteiger partial charge >= 0.3 is 0 Å². The third-order valence-corrected chi connectivity index (χ3v) is 5.81. The third-order valence-electron chi connectivity index (χ3n) is 5.81. The van der Waals surface area contributed by atoms with Crippen LogP contribution in [0.5, 0.6) is 0 Å². The van der Waals surface area contributed by atoms with Gasteiger partial charge in [-0.05, 0) is 39.5 Å². The Labute approximate surface area is 171 Å². The number of halogens is 6.